The number of halogens is 1. The smallest absolute Gasteiger partial charge is 0.295 e. The molecule has 32 heavy (non-hydrogen) atoms. The molecule has 7 heteroatoms. The quantitative estimate of drug-likeness (QED) is 0.402. The second-order valence-electron chi connectivity index (χ2n) is 8.50. The highest BCUT2D eigenvalue weighted by atomic mass is 19.1. The molecule has 0 saturated carbocycles. The summed E-state index contributed by atoms with van der Waals surface area (Å²) in [5, 5.41) is 11.1. The number of aliphatic hydroxyl groups excluding tert-OH is 1. The largest absolute Gasteiger partial charge is 0.507 e. The van der Waals surface area contributed by atoms with E-state index < -0.39 is 23.5 Å². The molecule has 0 spiro atoms. The second kappa shape index (κ2) is 9.53. The van der Waals surface area contributed by atoms with Crippen LogP contribution in [0.5, 0.6) is 5.75 Å². The predicted octanol–water partition coefficient (Wildman–Crippen LogP) is 3.90. The number of hydrogen-bond donors (Lipinski definition) is 1. The second-order valence-corrected chi connectivity index (χ2v) is 8.50. The number of likely N-dealkylation sites (tertiary alicyclic amines) is 1. The van der Waals surface area contributed by atoms with Gasteiger partial charge in [0.05, 0.1) is 17.7 Å². The molecular weight excluding hydrogens is 411 g/mol. The summed E-state index contributed by atoms with van der Waals surface area (Å²) in [4.78, 5) is 29.4. The standard InChI is InChI=1S/C25H29FN2O4/c1-15(2)32-19-8-6-7-17(14-19)22-21(23(29)18-9-10-20(26)16(3)13-18)24(30)25(31)28(22)12-11-27(4)5/h6-10,13-15,22,29H,11-12H2,1-5H3/b23-21-. The van der Waals surface area contributed by atoms with Gasteiger partial charge < -0.3 is 19.6 Å². The number of aliphatic hydroxyl groups is 1. The molecule has 2 aromatic rings. The number of ether oxygens (including phenoxy) is 1. The van der Waals surface area contributed by atoms with Gasteiger partial charge in [0.25, 0.3) is 11.7 Å². The molecule has 1 saturated heterocycles. The zero-order chi connectivity index (χ0) is 23.6. The molecular formula is C25H29FN2O4. The molecule has 1 N–H and O–H groups in total. The number of likely N-dealkylation sites (N-methyl/N-ethyl adjacent to an activating group) is 1. The van der Waals surface area contributed by atoms with Crippen molar-refractivity contribution in [1.29, 1.82) is 0 Å². The molecule has 0 bridgehead atoms. The number of carbonyl (C=O) groups is 2. The fourth-order valence-electron chi connectivity index (χ4n) is 3.74. The summed E-state index contributed by atoms with van der Waals surface area (Å²) in [6.07, 6.45) is -0.0486. The van der Waals surface area contributed by atoms with Gasteiger partial charge in [0.2, 0.25) is 0 Å². The van der Waals surface area contributed by atoms with Crippen molar-refractivity contribution in [2.75, 3.05) is 27.2 Å². The Bertz CT molecular complexity index is 1060. The van der Waals surface area contributed by atoms with Crippen molar-refractivity contribution in [3.63, 3.8) is 0 Å². The normalized spacial score (nSPS) is 18.1. The molecule has 2 aromatic carbocycles. The summed E-state index contributed by atoms with van der Waals surface area (Å²) < 4.78 is 19.6. The van der Waals surface area contributed by atoms with Crippen molar-refractivity contribution in [3.8, 4) is 5.75 Å². The van der Waals surface area contributed by atoms with Crippen molar-refractivity contribution in [2.24, 2.45) is 0 Å². The first-order chi connectivity index (χ1) is 15.1. The van der Waals surface area contributed by atoms with Crippen LogP contribution in [-0.4, -0.2) is 59.9 Å². The van der Waals surface area contributed by atoms with Crippen LogP contribution in [0, 0.1) is 12.7 Å². The molecule has 6 nitrogen and oxygen atoms in total. The summed E-state index contributed by atoms with van der Waals surface area (Å²) in [5.74, 6) is -1.56. The Morgan fingerprint density at radius 2 is 1.91 bits per heavy atom. The lowest BCUT2D eigenvalue weighted by molar-refractivity contribution is -0.140. The molecule has 0 aliphatic carbocycles. The van der Waals surface area contributed by atoms with Crippen LogP contribution >= 0.6 is 0 Å². The zero-order valence-corrected chi connectivity index (χ0v) is 19.1. The molecule has 1 unspecified atom stereocenters. The predicted molar refractivity (Wildman–Crippen MR) is 121 cm³/mol. The number of rotatable bonds is 7. The van der Waals surface area contributed by atoms with Crippen LogP contribution in [0.1, 0.15) is 36.6 Å². The van der Waals surface area contributed by atoms with Gasteiger partial charge in [-0.05, 0) is 76.3 Å². The van der Waals surface area contributed by atoms with Crippen LogP contribution < -0.4 is 4.74 Å². The van der Waals surface area contributed by atoms with Crippen LogP contribution in [0.2, 0.25) is 0 Å². The summed E-state index contributed by atoms with van der Waals surface area (Å²) in [6.45, 7) is 6.24. The third kappa shape index (κ3) is 4.83. The number of benzene rings is 2. The van der Waals surface area contributed by atoms with E-state index >= 15 is 0 Å². The molecule has 3 rings (SSSR count). The van der Waals surface area contributed by atoms with Crippen molar-refractivity contribution in [2.45, 2.75) is 32.9 Å². The number of Topliss-reactive ketones (excluding diaryl/α,β-unsaturated/α-hetero) is 1. The van der Waals surface area contributed by atoms with Crippen LogP contribution in [-0.2, 0) is 9.59 Å². The van der Waals surface area contributed by atoms with Gasteiger partial charge in [-0.15, -0.1) is 0 Å². The average molecular weight is 441 g/mol. The lowest BCUT2D eigenvalue weighted by atomic mass is 9.94. The Labute approximate surface area is 187 Å². The maximum Gasteiger partial charge on any atom is 0.295 e. The minimum atomic E-state index is -0.781. The first-order valence-electron chi connectivity index (χ1n) is 10.6. The third-order valence-corrected chi connectivity index (χ3v) is 5.31. The van der Waals surface area contributed by atoms with E-state index in [-0.39, 0.29) is 23.0 Å². The lowest BCUT2D eigenvalue weighted by Gasteiger charge is -2.27. The summed E-state index contributed by atoms with van der Waals surface area (Å²) >= 11 is 0. The Morgan fingerprint density at radius 3 is 2.53 bits per heavy atom. The molecule has 0 aromatic heterocycles. The number of amides is 1. The summed E-state index contributed by atoms with van der Waals surface area (Å²) in [5.41, 5.74) is 1.26. The van der Waals surface area contributed by atoms with Crippen LogP contribution in [0.3, 0.4) is 0 Å². The molecule has 1 aliphatic heterocycles. The zero-order valence-electron chi connectivity index (χ0n) is 19.1. The molecule has 1 fully saturated rings. The fourth-order valence-corrected chi connectivity index (χ4v) is 3.74. The van der Waals surface area contributed by atoms with Crippen molar-refractivity contribution < 1.29 is 23.8 Å². The van der Waals surface area contributed by atoms with Gasteiger partial charge in [-0.25, -0.2) is 4.39 Å². The van der Waals surface area contributed by atoms with E-state index in [1.165, 1.54) is 23.1 Å². The SMILES string of the molecule is Cc1cc(/C(O)=C2/C(=O)C(=O)N(CCN(C)C)C2c2cccc(OC(C)C)c2)ccc1F. The Hall–Kier alpha value is -3.19. The van der Waals surface area contributed by atoms with Gasteiger partial charge in [0, 0.05) is 18.7 Å². The Balaban J connectivity index is 2.16. The number of ketones is 1. The Kier molecular flexibility index (Phi) is 6.99. The molecule has 1 aliphatic rings. The molecule has 1 atom stereocenters. The molecule has 0 radical (unpaired) electrons. The number of hydrogen-bond acceptors (Lipinski definition) is 5. The topological polar surface area (TPSA) is 70.1 Å². The van der Waals surface area contributed by atoms with Crippen molar-refractivity contribution in [1.82, 2.24) is 9.80 Å². The highest BCUT2D eigenvalue weighted by Crippen LogP contribution is 2.40. The summed E-state index contributed by atoms with van der Waals surface area (Å²) in [6, 6.07) is 10.5. The average Bonchev–Trinajstić information content (AvgIpc) is 2.98. The minimum absolute atomic E-state index is 0.0125. The van der Waals surface area contributed by atoms with E-state index in [1.807, 2.05) is 32.8 Å². The number of nitrogens with zero attached hydrogens (tertiary/aromatic N) is 2. The van der Waals surface area contributed by atoms with Crippen LogP contribution in [0.25, 0.3) is 5.76 Å². The van der Waals surface area contributed by atoms with E-state index in [2.05, 4.69) is 0 Å². The number of carbonyl (C=O) groups excluding carboxylic acids is 2. The van der Waals surface area contributed by atoms with E-state index in [4.69, 9.17) is 4.74 Å². The van der Waals surface area contributed by atoms with E-state index in [0.29, 0.717) is 30.0 Å². The van der Waals surface area contributed by atoms with Gasteiger partial charge in [-0.2, -0.15) is 0 Å². The van der Waals surface area contributed by atoms with Gasteiger partial charge in [-0.1, -0.05) is 12.1 Å². The highest BCUT2D eigenvalue weighted by Gasteiger charge is 2.46. The molecule has 1 heterocycles. The maximum atomic E-state index is 13.8. The minimum Gasteiger partial charge on any atom is -0.507 e. The van der Waals surface area contributed by atoms with E-state index in [9.17, 15) is 19.1 Å². The number of aryl methyl sites for hydroxylation is 1. The summed E-state index contributed by atoms with van der Waals surface area (Å²) in [7, 11) is 3.76. The van der Waals surface area contributed by atoms with Crippen molar-refractivity contribution in [3.05, 3.63) is 70.5 Å². The maximum absolute atomic E-state index is 13.8. The molecule has 1 amide bonds. The first-order valence-corrected chi connectivity index (χ1v) is 10.6. The van der Waals surface area contributed by atoms with E-state index in [1.54, 1.807) is 31.2 Å². The first kappa shape index (κ1) is 23.5. The lowest BCUT2D eigenvalue weighted by Crippen LogP contribution is -2.35. The van der Waals surface area contributed by atoms with Crippen molar-refractivity contribution >= 4 is 17.4 Å². The van der Waals surface area contributed by atoms with Gasteiger partial charge >= 0.3 is 0 Å². The van der Waals surface area contributed by atoms with E-state index in [0.717, 1.165) is 0 Å². The fraction of sp³-hybridized carbons (Fsp3) is 0.360. The third-order valence-electron chi connectivity index (χ3n) is 5.31. The van der Waals surface area contributed by atoms with Gasteiger partial charge in [0.15, 0.2) is 0 Å². The van der Waals surface area contributed by atoms with Gasteiger partial charge in [-0.3, -0.25) is 9.59 Å². The Morgan fingerprint density at radius 1 is 1.19 bits per heavy atom. The van der Waals surface area contributed by atoms with Gasteiger partial charge in [0.1, 0.15) is 17.3 Å². The highest BCUT2D eigenvalue weighted by molar-refractivity contribution is 6.46. The van der Waals surface area contributed by atoms with Crippen LogP contribution in [0.4, 0.5) is 4.39 Å². The molecule has 170 valence electrons. The monoisotopic (exact) mass is 440 g/mol. The van der Waals surface area contributed by atoms with Crippen LogP contribution in [0.15, 0.2) is 48.0 Å².